The van der Waals surface area contributed by atoms with Gasteiger partial charge in [-0.3, -0.25) is 4.79 Å². The van der Waals surface area contributed by atoms with Crippen LogP contribution in [0, 0.1) is 6.92 Å². The van der Waals surface area contributed by atoms with Crippen molar-refractivity contribution in [2.75, 3.05) is 5.32 Å². The third-order valence-corrected chi connectivity index (χ3v) is 3.81. The van der Waals surface area contributed by atoms with E-state index >= 15 is 0 Å². The molecule has 1 aliphatic rings. The van der Waals surface area contributed by atoms with Gasteiger partial charge in [0.2, 0.25) is 5.91 Å². The lowest BCUT2D eigenvalue weighted by Gasteiger charge is -2.22. The lowest BCUT2D eigenvalue weighted by atomic mass is 9.94. The zero-order valence-corrected chi connectivity index (χ0v) is 11.3. The molecule has 0 aliphatic heterocycles. The van der Waals surface area contributed by atoms with Crippen LogP contribution in [-0.4, -0.2) is 16.4 Å². The van der Waals surface area contributed by atoms with Crippen LogP contribution in [0.1, 0.15) is 37.7 Å². The zero-order chi connectivity index (χ0) is 13.2. The molecule has 1 fully saturated rings. The number of aromatic nitrogens is 1. The van der Waals surface area contributed by atoms with Crippen LogP contribution in [0.2, 0.25) is 5.15 Å². The first-order valence-electron chi connectivity index (χ1n) is 6.19. The van der Waals surface area contributed by atoms with Crippen molar-refractivity contribution in [3.05, 3.63) is 23.0 Å². The Morgan fingerprint density at radius 2 is 2.22 bits per heavy atom. The number of carbonyl (C=O) groups excluding carboxylic acids is 1. The molecule has 4 nitrogen and oxygen atoms in total. The predicted octanol–water partition coefficient (Wildman–Crippen LogP) is 2.64. The number of nitrogens with zero attached hydrogens (tertiary/aromatic N) is 1. The van der Waals surface area contributed by atoms with Crippen molar-refractivity contribution < 1.29 is 4.79 Å². The number of halogens is 1. The molecule has 18 heavy (non-hydrogen) atoms. The maximum absolute atomic E-state index is 11.9. The van der Waals surface area contributed by atoms with E-state index in [1.54, 1.807) is 6.20 Å². The molecule has 1 aromatic heterocycles. The van der Waals surface area contributed by atoms with Gasteiger partial charge in [-0.2, -0.15) is 0 Å². The maximum atomic E-state index is 11.9. The molecule has 1 heterocycles. The van der Waals surface area contributed by atoms with Crippen LogP contribution < -0.4 is 11.1 Å². The molecule has 0 spiro atoms. The Bertz CT molecular complexity index is 456. The first-order chi connectivity index (χ1) is 8.48. The van der Waals surface area contributed by atoms with Crippen molar-refractivity contribution in [1.29, 1.82) is 0 Å². The average molecular weight is 268 g/mol. The second kappa shape index (κ2) is 5.24. The predicted molar refractivity (Wildman–Crippen MR) is 72.6 cm³/mol. The Balaban J connectivity index is 1.96. The quantitative estimate of drug-likeness (QED) is 0.828. The molecule has 2 rings (SSSR count). The van der Waals surface area contributed by atoms with E-state index in [0.717, 1.165) is 31.2 Å². The SMILES string of the molecule is Cc1cc(NC(=O)CC2(N)CCCC2)cnc1Cl. The van der Waals surface area contributed by atoms with Gasteiger partial charge >= 0.3 is 0 Å². The number of aryl methyl sites for hydroxylation is 1. The van der Waals surface area contributed by atoms with E-state index in [2.05, 4.69) is 10.3 Å². The van der Waals surface area contributed by atoms with Gasteiger partial charge in [-0.15, -0.1) is 0 Å². The number of hydrogen-bond acceptors (Lipinski definition) is 3. The van der Waals surface area contributed by atoms with E-state index in [-0.39, 0.29) is 11.4 Å². The molecule has 1 aromatic rings. The highest BCUT2D eigenvalue weighted by atomic mass is 35.5. The molecule has 5 heteroatoms. The molecule has 0 bridgehead atoms. The summed E-state index contributed by atoms with van der Waals surface area (Å²) in [5.41, 5.74) is 7.36. The van der Waals surface area contributed by atoms with Gasteiger partial charge in [-0.05, 0) is 31.4 Å². The summed E-state index contributed by atoms with van der Waals surface area (Å²) in [6, 6.07) is 1.81. The van der Waals surface area contributed by atoms with Crippen LogP contribution in [0.25, 0.3) is 0 Å². The first kappa shape index (κ1) is 13.3. The summed E-state index contributed by atoms with van der Waals surface area (Å²) in [5.74, 6) is -0.0528. The molecule has 1 aliphatic carbocycles. The number of hydrogen-bond donors (Lipinski definition) is 2. The summed E-state index contributed by atoms with van der Waals surface area (Å²) < 4.78 is 0. The minimum absolute atomic E-state index is 0.0528. The lowest BCUT2D eigenvalue weighted by molar-refractivity contribution is -0.117. The van der Waals surface area contributed by atoms with Crippen LogP contribution in [0.4, 0.5) is 5.69 Å². The Morgan fingerprint density at radius 3 is 2.83 bits per heavy atom. The van der Waals surface area contributed by atoms with E-state index < -0.39 is 0 Å². The van der Waals surface area contributed by atoms with E-state index in [9.17, 15) is 4.79 Å². The fourth-order valence-electron chi connectivity index (χ4n) is 2.41. The second-order valence-electron chi connectivity index (χ2n) is 5.13. The molecule has 3 N–H and O–H groups in total. The van der Waals surface area contributed by atoms with Crippen LogP contribution in [0.3, 0.4) is 0 Å². The smallest absolute Gasteiger partial charge is 0.226 e. The van der Waals surface area contributed by atoms with Crippen molar-refractivity contribution in [1.82, 2.24) is 4.98 Å². The van der Waals surface area contributed by atoms with Crippen LogP contribution in [0.15, 0.2) is 12.3 Å². The topological polar surface area (TPSA) is 68.0 Å². The van der Waals surface area contributed by atoms with Gasteiger partial charge in [-0.1, -0.05) is 24.4 Å². The lowest BCUT2D eigenvalue weighted by Crippen LogP contribution is -2.40. The second-order valence-corrected chi connectivity index (χ2v) is 5.48. The van der Waals surface area contributed by atoms with E-state index in [0.29, 0.717) is 17.3 Å². The average Bonchev–Trinajstić information content (AvgIpc) is 2.70. The standard InChI is InChI=1S/C13H18ClN3O/c1-9-6-10(8-16-12(9)14)17-11(18)7-13(15)4-2-3-5-13/h6,8H,2-5,7,15H2,1H3,(H,17,18). The van der Waals surface area contributed by atoms with Crippen LogP contribution in [-0.2, 0) is 4.79 Å². The summed E-state index contributed by atoms with van der Waals surface area (Å²) in [6.45, 7) is 1.85. The molecule has 98 valence electrons. The summed E-state index contributed by atoms with van der Waals surface area (Å²) in [5, 5.41) is 3.28. The highest BCUT2D eigenvalue weighted by Crippen LogP contribution is 2.30. The van der Waals surface area contributed by atoms with Gasteiger partial charge in [0.05, 0.1) is 11.9 Å². The number of carbonyl (C=O) groups is 1. The number of nitrogens with one attached hydrogen (secondary N) is 1. The Hall–Kier alpha value is -1.13. The van der Waals surface area contributed by atoms with E-state index in [1.165, 1.54) is 0 Å². The molecular formula is C13H18ClN3O. The van der Waals surface area contributed by atoms with Crippen molar-refractivity contribution in [3.63, 3.8) is 0 Å². The Kier molecular flexibility index (Phi) is 3.88. The monoisotopic (exact) mass is 267 g/mol. The molecule has 1 saturated carbocycles. The van der Waals surface area contributed by atoms with E-state index in [4.69, 9.17) is 17.3 Å². The molecule has 0 saturated heterocycles. The number of amides is 1. The third kappa shape index (κ3) is 3.21. The van der Waals surface area contributed by atoms with Crippen molar-refractivity contribution >= 4 is 23.2 Å². The number of pyridine rings is 1. The largest absolute Gasteiger partial charge is 0.325 e. The highest BCUT2D eigenvalue weighted by molar-refractivity contribution is 6.30. The number of anilines is 1. The fraction of sp³-hybridized carbons (Fsp3) is 0.538. The highest BCUT2D eigenvalue weighted by Gasteiger charge is 2.31. The van der Waals surface area contributed by atoms with Crippen molar-refractivity contribution in [2.45, 2.75) is 44.6 Å². The fourth-order valence-corrected chi connectivity index (χ4v) is 2.51. The van der Waals surface area contributed by atoms with E-state index in [1.807, 2.05) is 13.0 Å². The number of rotatable bonds is 3. The summed E-state index contributed by atoms with van der Waals surface area (Å²) in [6.07, 6.45) is 6.02. The van der Waals surface area contributed by atoms with Crippen LogP contribution in [0.5, 0.6) is 0 Å². The molecular weight excluding hydrogens is 250 g/mol. The van der Waals surface area contributed by atoms with Gasteiger partial charge in [0.1, 0.15) is 5.15 Å². The van der Waals surface area contributed by atoms with Gasteiger partial charge in [0.15, 0.2) is 0 Å². The summed E-state index contributed by atoms with van der Waals surface area (Å²) in [7, 11) is 0. The van der Waals surface area contributed by atoms with Crippen molar-refractivity contribution in [2.24, 2.45) is 5.73 Å². The van der Waals surface area contributed by atoms with Gasteiger partial charge in [0, 0.05) is 12.0 Å². The van der Waals surface area contributed by atoms with Gasteiger partial charge in [0.25, 0.3) is 0 Å². The number of nitrogens with two attached hydrogens (primary N) is 1. The summed E-state index contributed by atoms with van der Waals surface area (Å²) >= 11 is 5.83. The first-order valence-corrected chi connectivity index (χ1v) is 6.57. The summed E-state index contributed by atoms with van der Waals surface area (Å²) in [4.78, 5) is 15.9. The maximum Gasteiger partial charge on any atom is 0.226 e. The minimum atomic E-state index is -0.320. The normalized spacial score (nSPS) is 17.7. The Labute approximate surface area is 112 Å². The molecule has 0 radical (unpaired) electrons. The van der Waals surface area contributed by atoms with Crippen LogP contribution >= 0.6 is 11.6 Å². The third-order valence-electron chi connectivity index (χ3n) is 3.41. The van der Waals surface area contributed by atoms with Gasteiger partial charge in [-0.25, -0.2) is 4.98 Å². The zero-order valence-electron chi connectivity index (χ0n) is 10.5. The minimum Gasteiger partial charge on any atom is -0.325 e. The van der Waals surface area contributed by atoms with Crippen molar-refractivity contribution in [3.8, 4) is 0 Å². The Morgan fingerprint density at radius 1 is 1.56 bits per heavy atom. The molecule has 0 atom stereocenters. The molecule has 0 unspecified atom stereocenters. The molecule has 1 amide bonds. The molecule has 0 aromatic carbocycles. The van der Waals surface area contributed by atoms with Gasteiger partial charge < -0.3 is 11.1 Å².